The summed E-state index contributed by atoms with van der Waals surface area (Å²) in [6.45, 7) is 3.05. The molecule has 2 atom stereocenters. The van der Waals surface area contributed by atoms with Gasteiger partial charge in [-0.25, -0.2) is 4.39 Å². The van der Waals surface area contributed by atoms with Gasteiger partial charge >= 0.3 is 5.97 Å². The number of halogens is 1. The molecule has 2 unspecified atom stereocenters. The predicted molar refractivity (Wildman–Crippen MR) is 63.0 cm³/mol. The van der Waals surface area contributed by atoms with Gasteiger partial charge in [-0.05, 0) is 18.9 Å². The Morgan fingerprint density at radius 2 is 2.12 bits per heavy atom. The minimum atomic E-state index is -1.13. The van der Waals surface area contributed by atoms with E-state index in [4.69, 9.17) is 9.84 Å². The molecule has 4 heteroatoms. The first-order valence-electron chi connectivity index (χ1n) is 5.50. The van der Waals surface area contributed by atoms with Crippen LogP contribution in [0.3, 0.4) is 0 Å². The van der Waals surface area contributed by atoms with Crippen LogP contribution in [0.4, 0.5) is 4.39 Å². The molecule has 0 amide bonds. The SMILES string of the molecule is COc1c(CC(C)C(=O)O)cccc1C(C)F. The lowest BCUT2D eigenvalue weighted by Gasteiger charge is -2.15. The van der Waals surface area contributed by atoms with Crippen LogP contribution < -0.4 is 4.74 Å². The summed E-state index contributed by atoms with van der Waals surface area (Å²) in [5, 5.41) is 8.87. The number of alkyl halides is 1. The third-order valence-electron chi connectivity index (χ3n) is 2.71. The van der Waals surface area contributed by atoms with Crippen molar-refractivity contribution in [1.82, 2.24) is 0 Å². The van der Waals surface area contributed by atoms with Crippen molar-refractivity contribution in [2.75, 3.05) is 7.11 Å². The van der Waals surface area contributed by atoms with Gasteiger partial charge in [0.25, 0.3) is 0 Å². The second-order valence-electron chi connectivity index (χ2n) is 4.10. The van der Waals surface area contributed by atoms with Crippen molar-refractivity contribution >= 4 is 5.97 Å². The molecule has 0 radical (unpaired) electrons. The summed E-state index contributed by atoms with van der Waals surface area (Å²) >= 11 is 0. The third-order valence-corrected chi connectivity index (χ3v) is 2.71. The first-order valence-corrected chi connectivity index (χ1v) is 5.50. The average Bonchev–Trinajstić information content (AvgIpc) is 2.28. The molecule has 0 aromatic heterocycles. The molecule has 0 aliphatic heterocycles. The van der Waals surface area contributed by atoms with Crippen LogP contribution in [-0.2, 0) is 11.2 Å². The third kappa shape index (κ3) is 3.19. The van der Waals surface area contributed by atoms with Gasteiger partial charge < -0.3 is 9.84 Å². The molecule has 0 fully saturated rings. The molecule has 1 rings (SSSR count). The monoisotopic (exact) mass is 240 g/mol. The maximum Gasteiger partial charge on any atom is 0.306 e. The maximum absolute atomic E-state index is 13.4. The molecule has 0 saturated heterocycles. The van der Waals surface area contributed by atoms with E-state index in [0.717, 1.165) is 5.56 Å². The minimum absolute atomic E-state index is 0.332. The molecule has 1 N–H and O–H groups in total. The molecule has 0 spiro atoms. The quantitative estimate of drug-likeness (QED) is 0.860. The summed E-state index contributed by atoms with van der Waals surface area (Å²) in [5.41, 5.74) is 1.19. The van der Waals surface area contributed by atoms with E-state index < -0.39 is 18.1 Å². The van der Waals surface area contributed by atoms with Crippen molar-refractivity contribution in [2.45, 2.75) is 26.4 Å². The van der Waals surface area contributed by atoms with Crippen molar-refractivity contribution in [1.29, 1.82) is 0 Å². The second-order valence-corrected chi connectivity index (χ2v) is 4.10. The highest BCUT2D eigenvalue weighted by atomic mass is 19.1. The van der Waals surface area contributed by atoms with Crippen LogP contribution >= 0.6 is 0 Å². The average molecular weight is 240 g/mol. The molecule has 0 heterocycles. The smallest absolute Gasteiger partial charge is 0.306 e. The fraction of sp³-hybridized carbons (Fsp3) is 0.462. The number of carbonyl (C=O) groups is 1. The van der Waals surface area contributed by atoms with Crippen molar-refractivity contribution in [3.05, 3.63) is 29.3 Å². The zero-order valence-electron chi connectivity index (χ0n) is 10.2. The van der Waals surface area contributed by atoms with E-state index in [2.05, 4.69) is 0 Å². The number of carboxylic acids is 1. The molecule has 0 aliphatic carbocycles. The zero-order valence-corrected chi connectivity index (χ0v) is 10.2. The first kappa shape index (κ1) is 13.5. The van der Waals surface area contributed by atoms with Crippen LogP contribution in [0.25, 0.3) is 0 Å². The van der Waals surface area contributed by atoms with E-state index in [1.54, 1.807) is 25.1 Å². The van der Waals surface area contributed by atoms with Crippen molar-refractivity contribution in [3.8, 4) is 5.75 Å². The Bertz CT molecular complexity index is 402. The highest BCUT2D eigenvalue weighted by molar-refractivity contribution is 5.70. The van der Waals surface area contributed by atoms with E-state index in [1.165, 1.54) is 14.0 Å². The van der Waals surface area contributed by atoms with Gasteiger partial charge in [0.15, 0.2) is 0 Å². The molecular weight excluding hydrogens is 223 g/mol. The lowest BCUT2D eigenvalue weighted by atomic mass is 9.97. The fourth-order valence-electron chi connectivity index (χ4n) is 1.74. The summed E-state index contributed by atoms with van der Waals surface area (Å²) in [6.07, 6.45) is -0.802. The van der Waals surface area contributed by atoms with E-state index in [9.17, 15) is 9.18 Å². The number of carboxylic acid groups (broad SMARTS) is 1. The Labute approximate surface area is 100 Å². The fourth-order valence-corrected chi connectivity index (χ4v) is 1.74. The predicted octanol–water partition coefficient (Wildman–Crippen LogP) is 2.99. The van der Waals surface area contributed by atoms with Crippen molar-refractivity contribution in [2.24, 2.45) is 5.92 Å². The lowest BCUT2D eigenvalue weighted by Crippen LogP contribution is -2.13. The van der Waals surface area contributed by atoms with E-state index in [-0.39, 0.29) is 0 Å². The van der Waals surface area contributed by atoms with Crippen LogP contribution in [0.5, 0.6) is 5.75 Å². The van der Waals surface area contributed by atoms with Gasteiger partial charge in [-0.15, -0.1) is 0 Å². The lowest BCUT2D eigenvalue weighted by molar-refractivity contribution is -0.141. The molecule has 1 aromatic rings. The van der Waals surface area contributed by atoms with Crippen LogP contribution in [0.15, 0.2) is 18.2 Å². The topological polar surface area (TPSA) is 46.5 Å². The number of methoxy groups -OCH3 is 1. The summed E-state index contributed by atoms with van der Waals surface area (Å²) in [4.78, 5) is 10.8. The Balaban J connectivity index is 3.07. The largest absolute Gasteiger partial charge is 0.496 e. The molecule has 94 valence electrons. The Hall–Kier alpha value is -1.58. The molecule has 1 aromatic carbocycles. The minimum Gasteiger partial charge on any atom is -0.496 e. The highest BCUT2D eigenvalue weighted by Gasteiger charge is 2.18. The number of ether oxygens (including phenoxy) is 1. The van der Waals surface area contributed by atoms with Crippen molar-refractivity contribution in [3.63, 3.8) is 0 Å². The summed E-state index contributed by atoms with van der Waals surface area (Å²) < 4.78 is 18.5. The summed E-state index contributed by atoms with van der Waals surface area (Å²) in [5.74, 6) is -0.935. The zero-order chi connectivity index (χ0) is 13.0. The number of rotatable bonds is 5. The van der Waals surface area contributed by atoms with Crippen LogP contribution in [0, 0.1) is 5.92 Å². The van der Waals surface area contributed by atoms with E-state index >= 15 is 0 Å². The molecule has 0 saturated carbocycles. The number of hydrogen-bond acceptors (Lipinski definition) is 2. The molecule has 0 aliphatic rings. The van der Waals surface area contributed by atoms with E-state index in [0.29, 0.717) is 17.7 Å². The number of hydrogen-bond donors (Lipinski definition) is 1. The Morgan fingerprint density at radius 1 is 1.47 bits per heavy atom. The summed E-state index contributed by atoms with van der Waals surface area (Å²) in [6, 6.07) is 5.14. The first-order chi connectivity index (χ1) is 7.97. The Morgan fingerprint density at radius 3 is 2.59 bits per heavy atom. The number of para-hydroxylation sites is 1. The van der Waals surface area contributed by atoms with Gasteiger partial charge in [0.2, 0.25) is 0 Å². The normalized spacial score (nSPS) is 14.1. The van der Waals surface area contributed by atoms with Crippen LogP contribution in [-0.4, -0.2) is 18.2 Å². The Kier molecular flexibility index (Phi) is 4.49. The van der Waals surface area contributed by atoms with Gasteiger partial charge in [0.1, 0.15) is 11.9 Å². The van der Waals surface area contributed by atoms with Gasteiger partial charge in [-0.1, -0.05) is 25.1 Å². The van der Waals surface area contributed by atoms with Crippen LogP contribution in [0.1, 0.15) is 31.1 Å². The molecule has 3 nitrogen and oxygen atoms in total. The van der Waals surface area contributed by atoms with E-state index in [1.807, 2.05) is 0 Å². The number of benzene rings is 1. The maximum atomic E-state index is 13.4. The van der Waals surface area contributed by atoms with Crippen LogP contribution in [0.2, 0.25) is 0 Å². The molecule has 17 heavy (non-hydrogen) atoms. The van der Waals surface area contributed by atoms with Gasteiger partial charge in [-0.3, -0.25) is 4.79 Å². The van der Waals surface area contributed by atoms with Crippen molar-refractivity contribution < 1.29 is 19.0 Å². The molecular formula is C13H17FO3. The number of aliphatic carboxylic acids is 1. The second kappa shape index (κ2) is 5.66. The van der Waals surface area contributed by atoms with Gasteiger partial charge in [0.05, 0.1) is 13.0 Å². The summed E-state index contributed by atoms with van der Waals surface area (Å²) in [7, 11) is 1.47. The van der Waals surface area contributed by atoms with Gasteiger partial charge in [-0.2, -0.15) is 0 Å². The highest BCUT2D eigenvalue weighted by Crippen LogP contribution is 2.32. The standard InChI is InChI=1S/C13H17FO3/c1-8(13(15)16)7-10-5-4-6-11(9(2)14)12(10)17-3/h4-6,8-9H,7H2,1-3H3,(H,15,16). The molecule has 0 bridgehead atoms. The van der Waals surface area contributed by atoms with Gasteiger partial charge in [0, 0.05) is 5.56 Å².